The third-order valence-corrected chi connectivity index (χ3v) is 3.53. The predicted octanol–water partition coefficient (Wildman–Crippen LogP) is 2.59. The van der Waals surface area contributed by atoms with Crippen LogP contribution in [0.25, 0.3) is 10.9 Å². The van der Waals surface area contributed by atoms with Gasteiger partial charge < -0.3 is 5.73 Å². The lowest BCUT2D eigenvalue weighted by Crippen LogP contribution is -2.26. The minimum Gasteiger partial charge on any atom is -0.394 e. The van der Waals surface area contributed by atoms with E-state index in [1.165, 1.54) is 0 Å². The largest absolute Gasteiger partial charge is 0.394 e. The number of benzene rings is 1. The Morgan fingerprint density at radius 1 is 1.20 bits per heavy atom. The van der Waals surface area contributed by atoms with Gasteiger partial charge in [0, 0.05) is 17.8 Å². The summed E-state index contributed by atoms with van der Waals surface area (Å²) in [4.78, 5) is 16.5. The van der Waals surface area contributed by atoms with E-state index >= 15 is 0 Å². The SMILES string of the molecule is CC(c1cccnc1)n1c(=O)c(N)cc2ccccc21. The number of nitrogens with zero attached hydrogens (tertiary/aromatic N) is 2. The first kappa shape index (κ1) is 12.4. The highest BCUT2D eigenvalue weighted by Crippen LogP contribution is 2.22. The van der Waals surface area contributed by atoms with Crippen molar-refractivity contribution in [3.05, 3.63) is 70.8 Å². The summed E-state index contributed by atoms with van der Waals surface area (Å²) >= 11 is 0. The molecule has 0 saturated carbocycles. The highest BCUT2D eigenvalue weighted by atomic mass is 16.1. The molecule has 0 saturated heterocycles. The monoisotopic (exact) mass is 265 g/mol. The second kappa shape index (κ2) is 4.81. The maximum atomic E-state index is 12.4. The summed E-state index contributed by atoms with van der Waals surface area (Å²) in [5.74, 6) is 0. The van der Waals surface area contributed by atoms with E-state index in [1.54, 1.807) is 23.0 Å². The normalized spacial score (nSPS) is 12.4. The molecular formula is C16H15N3O. The second-order valence-corrected chi connectivity index (χ2v) is 4.80. The molecule has 0 spiro atoms. The van der Waals surface area contributed by atoms with Crippen molar-refractivity contribution in [1.82, 2.24) is 9.55 Å². The average molecular weight is 265 g/mol. The van der Waals surface area contributed by atoms with Crippen molar-refractivity contribution in [2.24, 2.45) is 0 Å². The van der Waals surface area contributed by atoms with Crippen LogP contribution in [0.1, 0.15) is 18.5 Å². The minimum absolute atomic E-state index is 0.121. The van der Waals surface area contributed by atoms with Crippen LogP contribution in [-0.4, -0.2) is 9.55 Å². The van der Waals surface area contributed by atoms with Crippen LogP contribution in [0.5, 0.6) is 0 Å². The minimum atomic E-state index is -0.167. The molecule has 20 heavy (non-hydrogen) atoms. The van der Waals surface area contributed by atoms with Gasteiger partial charge in [-0.15, -0.1) is 0 Å². The summed E-state index contributed by atoms with van der Waals surface area (Å²) in [7, 11) is 0. The van der Waals surface area contributed by atoms with Gasteiger partial charge in [0.25, 0.3) is 5.56 Å². The van der Waals surface area contributed by atoms with Gasteiger partial charge in [0.1, 0.15) is 0 Å². The van der Waals surface area contributed by atoms with Gasteiger partial charge in [-0.25, -0.2) is 0 Å². The van der Waals surface area contributed by atoms with E-state index in [2.05, 4.69) is 4.98 Å². The molecule has 3 rings (SSSR count). The van der Waals surface area contributed by atoms with Gasteiger partial charge in [0.2, 0.25) is 0 Å². The summed E-state index contributed by atoms with van der Waals surface area (Å²) < 4.78 is 1.72. The summed E-state index contributed by atoms with van der Waals surface area (Å²) in [5.41, 5.74) is 7.81. The van der Waals surface area contributed by atoms with E-state index in [-0.39, 0.29) is 17.3 Å². The second-order valence-electron chi connectivity index (χ2n) is 4.80. The van der Waals surface area contributed by atoms with E-state index < -0.39 is 0 Å². The van der Waals surface area contributed by atoms with Crippen LogP contribution in [0.15, 0.2) is 59.7 Å². The zero-order valence-corrected chi connectivity index (χ0v) is 11.2. The van der Waals surface area contributed by atoms with E-state index in [4.69, 9.17) is 5.73 Å². The molecule has 2 N–H and O–H groups in total. The number of nitrogens with two attached hydrogens (primary N) is 1. The first-order valence-electron chi connectivity index (χ1n) is 6.48. The molecule has 3 aromatic rings. The Labute approximate surface area is 116 Å². The first-order chi connectivity index (χ1) is 9.68. The number of aromatic nitrogens is 2. The zero-order chi connectivity index (χ0) is 14.1. The van der Waals surface area contributed by atoms with E-state index in [9.17, 15) is 4.79 Å². The van der Waals surface area contributed by atoms with Gasteiger partial charge in [-0.05, 0) is 30.7 Å². The first-order valence-corrected chi connectivity index (χ1v) is 6.48. The molecule has 100 valence electrons. The van der Waals surface area contributed by atoms with Crippen LogP contribution in [0, 0.1) is 0 Å². The molecule has 1 unspecified atom stereocenters. The number of anilines is 1. The van der Waals surface area contributed by atoms with Crippen LogP contribution in [0.2, 0.25) is 0 Å². The van der Waals surface area contributed by atoms with Crippen molar-refractivity contribution in [1.29, 1.82) is 0 Å². The van der Waals surface area contributed by atoms with Gasteiger partial charge in [0.05, 0.1) is 17.2 Å². The van der Waals surface area contributed by atoms with Crippen molar-refractivity contribution in [3.63, 3.8) is 0 Å². The molecule has 4 nitrogen and oxygen atoms in total. The lowest BCUT2D eigenvalue weighted by atomic mass is 10.1. The Balaban J connectivity index is 2.30. The Bertz CT molecular complexity index is 809. The number of fused-ring (bicyclic) bond motifs is 1. The maximum absolute atomic E-state index is 12.4. The highest BCUT2D eigenvalue weighted by molar-refractivity contribution is 5.82. The molecular weight excluding hydrogens is 250 g/mol. The number of hydrogen-bond acceptors (Lipinski definition) is 3. The molecule has 0 amide bonds. The molecule has 4 heteroatoms. The van der Waals surface area contributed by atoms with Crippen molar-refractivity contribution in [2.75, 3.05) is 5.73 Å². The highest BCUT2D eigenvalue weighted by Gasteiger charge is 2.14. The third-order valence-electron chi connectivity index (χ3n) is 3.53. The Morgan fingerprint density at radius 3 is 2.75 bits per heavy atom. The average Bonchev–Trinajstić information content (AvgIpc) is 2.49. The topological polar surface area (TPSA) is 60.9 Å². The molecule has 0 radical (unpaired) electrons. The summed E-state index contributed by atoms with van der Waals surface area (Å²) in [6.07, 6.45) is 3.49. The number of para-hydroxylation sites is 1. The fourth-order valence-electron chi connectivity index (χ4n) is 2.46. The molecule has 0 aliphatic rings. The molecule has 0 bridgehead atoms. The van der Waals surface area contributed by atoms with Crippen molar-refractivity contribution in [3.8, 4) is 0 Å². The Hall–Kier alpha value is -2.62. The van der Waals surface area contributed by atoms with Crippen LogP contribution in [-0.2, 0) is 0 Å². The lowest BCUT2D eigenvalue weighted by molar-refractivity contribution is 0.638. The standard InChI is InChI=1S/C16H15N3O/c1-11(13-6-4-8-18-10-13)19-15-7-3-2-5-12(15)9-14(17)16(19)20/h2-11H,17H2,1H3. The molecule has 0 fully saturated rings. The van der Waals surface area contributed by atoms with E-state index in [0.717, 1.165) is 16.5 Å². The molecule has 1 aromatic carbocycles. The Kier molecular flexibility index (Phi) is 2.99. The Morgan fingerprint density at radius 2 is 2.00 bits per heavy atom. The fourth-order valence-corrected chi connectivity index (χ4v) is 2.46. The smallest absolute Gasteiger partial charge is 0.274 e. The van der Waals surface area contributed by atoms with Gasteiger partial charge in [0.15, 0.2) is 0 Å². The molecule has 0 aliphatic heterocycles. The summed E-state index contributed by atoms with van der Waals surface area (Å²) in [5, 5.41) is 0.959. The summed E-state index contributed by atoms with van der Waals surface area (Å²) in [6.45, 7) is 1.98. The van der Waals surface area contributed by atoms with Crippen molar-refractivity contribution >= 4 is 16.6 Å². The van der Waals surface area contributed by atoms with Crippen LogP contribution in [0.4, 0.5) is 5.69 Å². The number of pyridine rings is 2. The van der Waals surface area contributed by atoms with E-state index in [0.29, 0.717) is 0 Å². The molecule has 2 aromatic heterocycles. The van der Waals surface area contributed by atoms with Crippen LogP contribution >= 0.6 is 0 Å². The number of hydrogen-bond donors (Lipinski definition) is 1. The predicted molar refractivity (Wildman–Crippen MR) is 80.7 cm³/mol. The number of rotatable bonds is 2. The third kappa shape index (κ3) is 1.95. The maximum Gasteiger partial charge on any atom is 0.274 e. The quantitative estimate of drug-likeness (QED) is 0.774. The van der Waals surface area contributed by atoms with Crippen molar-refractivity contribution < 1.29 is 0 Å². The molecule has 1 atom stereocenters. The molecule has 2 heterocycles. The van der Waals surface area contributed by atoms with Gasteiger partial charge in [-0.1, -0.05) is 24.3 Å². The van der Waals surface area contributed by atoms with E-state index in [1.807, 2.05) is 43.3 Å². The molecule has 0 aliphatic carbocycles. The lowest BCUT2D eigenvalue weighted by Gasteiger charge is -2.18. The van der Waals surface area contributed by atoms with Crippen LogP contribution in [0.3, 0.4) is 0 Å². The number of nitrogen functional groups attached to an aromatic ring is 1. The van der Waals surface area contributed by atoms with Gasteiger partial charge >= 0.3 is 0 Å². The van der Waals surface area contributed by atoms with Gasteiger partial charge in [-0.2, -0.15) is 0 Å². The van der Waals surface area contributed by atoms with Crippen molar-refractivity contribution in [2.45, 2.75) is 13.0 Å². The summed E-state index contributed by atoms with van der Waals surface area (Å²) in [6, 6.07) is 13.2. The van der Waals surface area contributed by atoms with Crippen LogP contribution < -0.4 is 11.3 Å². The zero-order valence-electron chi connectivity index (χ0n) is 11.2. The van der Waals surface area contributed by atoms with Gasteiger partial charge in [-0.3, -0.25) is 14.3 Å². The fraction of sp³-hybridized carbons (Fsp3) is 0.125.